The summed E-state index contributed by atoms with van der Waals surface area (Å²) in [4.78, 5) is 4.28. The van der Waals surface area contributed by atoms with Crippen molar-refractivity contribution in [2.24, 2.45) is 7.05 Å². The third kappa shape index (κ3) is 1.18. The molecule has 2 N–H and O–H groups in total. The first-order chi connectivity index (χ1) is 7.75. The fourth-order valence-corrected chi connectivity index (χ4v) is 1.84. The molecule has 0 fully saturated rings. The smallest absolute Gasteiger partial charge is 0.222 e. The predicted molar refractivity (Wildman–Crippen MR) is 60.6 cm³/mol. The van der Waals surface area contributed by atoms with Crippen LogP contribution in [-0.4, -0.2) is 14.7 Å². The van der Waals surface area contributed by atoms with Crippen molar-refractivity contribution in [2.45, 2.75) is 0 Å². The molecule has 0 saturated carbocycles. The number of nitrogens with two attached hydrogens (primary N) is 1. The van der Waals surface area contributed by atoms with E-state index in [-0.39, 0.29) is 0 Å². The van der Waals surface area contributed by atoms with Crippen LogP contribution >= 0.6 is 0 Å². The van der Waals surface area contributed by atoms with Crippen molar-refractivity contribution in [3.05, 3.63) is 30.6 Å². The average molecular weight is 214 g/mol. The highest BCUT2D eigenvalue weighted by Crippen LogP contribution is 2.27. The molecule has 5 heteroatoms. The molecule has 3 aromatic rings. The zero-order valence-corrected chi connectivity index (χ0v) is 8.71. The van der Waals surface area contributed by atoms with Crippen molar-refractivity contribution in [3.8, 4) is 11.3 Å². The van der Waals surface area contributed by atoms with Gasteiger partial charge in [-0.25, -0.2) is 4.98 Å². The maximum absolute atomic E-state index is 5.52. The van der Waals surface area contributed by atoms with Gasteiger partial charge in [0.2, 0.25) is 5.88 Å². The van der Waals surface area contributed by atoms with Gasteiger partial charge in [0.05, 0.1) is 17.4 Å². The van der Waals surface area contributed by atoms with E-state index >= 15 is 0 Å². The van der Waals surface area contributed by atoms with Gasteiger partial charge in [0.15, 0.2) is 0 Å². The Hall–Kier alpha value is -2.30. The van der Waals surface area contributed by atoms with Gasteiger partial charge in [-0.3, -0.25) is 0 Å². The number of aromatic nitrogens is 3. The lowest BCUT2D eigenvalue weighted by atomic mass is 10.1. The molecule has 2 heterocycles. The number of nitrogen functional groups attached to an aromatic ring is 1. The molecular formula is C11H10N4O. The van der Waals surface area contributed by atoms with Crippen LogP contribution in [0.1, 0.15) is 0 Å². The predicted octanol–water partition coefficient (Wildman–Crippen LogP) is 1.81. The molecule has 0 aliphatic carbocycles. The summed E-state index contributed by atoms with van der Waals surface area (Å²) in [6.07, 6.45) is 1.78. The first kappa shape index (κ1) is 8.96. The summed E-state index contributed by atoms with van der Waals surface area (Å²) >= 11 is 0. The molecule has 0 radical (unpaired) electrons. The Balaban J connectivity index is 2.34. The van der Waals surface area contributed by atoms with Crippen LogP contribution in [0.3, 0.4) is 0 Å². The Bertz CT molecular complexity index is 653. The van der Waals surface area contributed by atoms with Crippen LogP contribution < -0.4 is 5.73 Å². The Labute approximate surface area is 91.5 Å². The number of fused-ring (bicyclic) bond motifs is 1. The van der Waals surface area contributed by atoms with Gasteiger partial charge in [-0.2, -0.15) is 0 Å². The van der Waals surface area contributed by atoms with E-state index in [2.05, 4.69) is 10.1 Å². The topological polar surface area (TPSA) is 69.9 Å². The van der Waals surface area contributed by atoms with Crippen LogP contribution in [0.25, 0.3) is 22.3 Å². The van der Waals surface area contributed by atoms with Crippen molar-refractivity contribution in [1.29, 1.82) is 0 Å². The number of hydrogen-bond donors (Lipinski definition) is 1. The monoisotopic (exact) mass is 214 g/mol. The normalized spacial score (nSPS) is 11.1. The largest absolute Gasteiger partial charge is 0.368 e. The zero-order chi connectivity index (χ0) is 11.1. The van der Waals surface area contributed by atoms with E-state index in [1.807, 2.05) is 29.8 Å². The summed E-state index contributed by atoms with van der Waals surface area (Å²) in [5, 5.41) is 3.92. The van der Waals surface area contributed by atoms with E-state index in [4.69, 9.17) is 10.3 Å². The van der Waals surface area contributed by atoms with Crippen LogP contribution in [0.5, 0.6) is 0 Å². The molecular weight excluding hydrogens is 204 g/mol. The van der Waals surface area contributed by atoms with E-state index in [1.165, 1.54) is 0 Å². The SMILES string of the molecule is Cn1cnc2cccc(-c3cc(N)on3)c21. The van der Waals surface area contributed by atoms with Gasteiger partial charge >= 0.3 is 0 Å². The summed E-state index contributed by atoms with van der Waals surface area (Å²) in [6, 6.07) is 7.58. The first-order valence-electron chi connectivity index (χ1n) is 4.88. The Morgan fingerprint density at radius 3 is 3.00 bits per heavy atom. The van der Waals surface area contributed by atoms with Gasteiger partial charge < -0.3 is 14.8 Å². The molecule has 0 atom stereocenters. The average Bonchev–Trinajstić information content (AvgIpc) is 2.86. The van der Waals surface area contributed by atoms with Crippen molar-refractivity contribution >= 4 is 16.9 Å². The molecule has 1 aromatic carbocycles. The lowest BCUT2D eigenvalue weighted by molar-refractivity contribution is 0.439. The van der Waals surface area contributed by atoms with Gasteiger partial charge in [0, 0.05) is 18.7 Å². The summed E-state index contributed by atoms with van der Waals surface area (Å²) in [7, 11) is 1.95. The van der Waals surface area contributed by atoms with Crippen LogP contribution in [-0.2, 0) is 7.05 Å². The second-order valence-corrected chi connectivity index (χ2v) is 3.64. The molecule has 0 amide bonds. The quantitative estimate of drug-likeness (QED) is 0.670. The number of para-hydroxylation sites is 1. The van der Waals surface area contributed by atoms with E-state index < -0.39 is 0 Å². The van der Waals surface area contributed by atoms with Gasteiger partial charge in [-0.1, -0.05) is 17.3 Å². The highest BCUT2D eigenvalue weighted by atomic mass is 16.5. The van der Waals surface area contributed by atoms with E-state index in [0.29, 0.717) is 5.88 Å². The molecule has 0 bridgehead atoms. The number of hydrogen-bond acceptors (Lipinski definition) is 4. The van der Waals surface area contributed by atoms with Gasteiger partial charge in [0.1, 0.15) is 5.69 Å². The summed E-state index contributed by atoms with van der Waals surface area (Å²) in [5.41, 5.74) is 9.18. The molecule has 3 rings (SSSR count). The van der Waals surface area contributed by atoms with E-state index in [0.717, 1.165) is 22.3 Å². The van der Waals surface area contributed by atoms with Crippen molar-refractivity contribution in [1.82, 2.24) is 14.7 Å². The molecule has 16 heavy (non-hydrogen) atoms. The molecule has 80 valence electrons. The van der Waals surface area contributed by atoms with Crippen molar-refractivity contribution in [2.75, 3.05) is 5.73 Å². The molecule has 2 aromatic heterocycles. The molecule has 0 spiro atoms. The number of rotatable bonds is 1. The third-order valence-electron chi connectivity index (χ3n) is 2.54. The summed E-state index contributed by atoms with van der Waals surface area (Å²) < 4.78 is 6.84. The zero-order valence-electron chi connectivity index (χ0n) is 8.71. The number of nitrogens with zero attached hydrogens (tertiary/aromatic N) is 3. The van der Waals surface area contributed by atoms with Crippen LogP contribution in [0.2, 0.25) is 0 Å². The molecule has 0 saturated heterocycles. The number of aryl methyl sites for hydroxylation is 1. The molecule has 0 aliphatic heterocycles. The maximum Gasteiger partial charge on any atom is 0.222 e. The Kier molecular flexibility index (Phi) is 1.73. The first-order valence-corrected chi connectivity index (χ1v) is 4.88. The minimum absolute atomic E-state index is 0.314. The highest BCUT2D eigenvalue weighted by molar-refractivity contribution is 5.91. The second kappa shape index (κ2) is 3.10. The molecule has 0 aliphatic rings. The van der Waals surface area contributed by atoms with E-state index in [9.17, 15) is 0 Å². The minimum Gasteiger partial charge on any atom is -0.368 e. The molecule has 5 nitrogen and oxygen atoms in total. The standard InChI is InChI=1S/C11H10N4O/c1-15-6-13-8-4-2-3-7(11(8)15)9-5-10(12)16-14-9/h2-6H,12H2,1H3. The van der Waals surface area contributed by atoms with Crippen LogP contribution in [0.4, 0.5) is 5.88 Å². The Morgan fingerprint density at radius 1 is 1.38 bits per heavy atom. The number of imidazole rings is 1. The lowest BCUT2D eigenvalue weighted by Gasteiger charge is -2.00. The second-order valence-electron chi connectivity index (χ2n) is 3.64. The van der Waals surface area contributed by atoms with Crippen molar-refractivity contribution in [3.63, 3.8) is 0 Å². The third-order valence-corrected chi connectivity index (χ3v) is 2.54. The van der Waals surface area contributed by atoms with Crippen molar-refractivity contribution < 1.29 is 4.52 Å². The minimum atomic E-state index is 0.314. The van der Waals surface area contributed by atoms with Crippen LogP contribution in [0, 0.1) is 0 Å². The number of anilines is 1. The summed E-state index contributed by atoms with van der Waals surface area (Å²) in [5.74, 6) is 0.314. The fraction of sp³-hybridized carbons (Fsp3) is 0.0909. The van der Waals surface area contributed by atoms with Gasteiger partial charge in [-0.05, 0) is 6.07 Å². The van der Waals surface area contributed by atoms with E-state index in [1.54, 1.807) is 12.4 Å². The lowest BCUT2D eigenvalue weighted by Crippen LogP contribution is -1.88. The summed E-state index contributed by atoms with van der Waals surface area (Å²) in [6.45, 7) is 0. The maximum atomic E-state index is 5.52. The highest BCUT2D eigenvalue weighted by Gasteiger charge is 2.11. The number of benzene rings is 1. The van der Waals surface area contributed by atoms with Gasteiger partial charge in [-0.15, -0.1) is 0 Å². The van der Waals surface area contributed by atoms with Gasteiger partial charge in [0.25, 0.3) is 0 Å². The van der Waals surface area contributed by atoms with Crippen LogP contribution in [0.15, 0.2) is 35.1 Å². The molecule has 0 unspecified atom stereocenters. The fourth-order valence-electron chi connectivity index (χ4n) is 1.84. The Morgan fingerprint density at radius 2 is 2.25 bits per heavy atom.